The topological polar surface area (TPSA) is 84.8 Å². The van der Waals surface area contributed by atoms with Crippen LogP contribution in [0.25, 0.3) is 11.0 Å². The molecule has 7 rings (SSSR count). The SMILES string of the molecule is N#C[C@]1(c2nc3ccccc3[nH]2)[C@@H](c2ccccc2)[C@@H]2CSCN2[C@@]12C(=O)Nc1ccccc12. The van der Waals surface area contributed by atoms with Crippen LogP contribution in [0.5, 0.6) is 0 Å². The van der Waals surface area contributed by atoms with Gasteiger partial charge in [-0.3, -0.25) is 9.69 Å². The van der Waals surface area contributed by atoms with Crippen molar-refractivity contribution in [3.63, 3.8) is 0 Å². The van der Waals surface area contributed by atoms with E-state index in [0.29, 0.717) is 11.7 Å². The van der Waals surface area contributed by atoms with E-state index in [-0.39, 0.29) is 17.9 Å². The molecule has 4 heterocycles. The zero-order valence-electron chi connectivity index (χ0n) is 18.2. The monoisotopic (exact) mass is 463 g/mol. The van der Waals surface area contributed by atoms with Crippen LogP contribution in [0.2, 0.25) is 0 Å². The second-order valence-corrected chi connectivity index (χ2v) is 10.2. The van der Waals surface area contributed by atoms with E-state index in [2.05, 4.69) is 33.4 Å². The fraction of sp³-hybridized carbons (Fsp3) is 0.222. The van der Waals surface area contributed by atoms with Crippen molar-refractivity contribution in [2.45, 2.75) is 22.9 Å². The summed E-state index contributed by atoms with van der Waals surface area (Å²) in [6, 6.07) is 28.5. The Bertz CT molecular complexity index is 1460. The molecule has 1 spiro atoms. The third-order valence-corrected chi connectivity index (χ3v) is 8.80. The van der Waals surface area contributed by atoms with Crippen molar-refractivity contribution in [3.8, 4) is 6.07 Å². The van der Waals surface area contributed by atoms with Crippen LogP contribution < -0.4 is 5.32 Å². The molecule has 1 aromatic heterocycles. The Hall–Kier alpha value is -3.60. The third kappa shape index (κ3) is 2.20. The summed E-state index contributed by atoms with van der Waals surface area (Å²) in [6.07, 6.45) is 0. The molecule has 6 nitrogen and oxygen atoms in total. The highest BCUT2D eigenvalue weighted by Crippen LogP contribution is 2.66. The number of H-pyrrole nitrogens is 1. The van der Waals surface area contributed by atoms with E-state index in [9.17, 15) is 10.1 Å². The van der Waals surface area contributed by atoms with E-state index in [1.165, 1.54) is 0 Å². The molecule has 0 bridgehead atoms. The number of fused-ring (bicyclic) bond motifs is 5. The van der Waals surface area contributed by atoms with Crippen LogP contribution in [-0.4, -0.2) is 38.4 Å². The zero-order chi connectivity index (χ0) is 22.9. The number of imidazole rings is 1. The van der Waals surface area contributed by atoms with E-state index < -0.39 is 11.0 Å². The number of rotatable bonds is 2. The Labute approximate surface area is 201 Å². The van der Waals surface area contributed by atoms with Crippen LogP contribution in [0.3, 0.4) is 0 Å². The molecule has 0 aliphatic carbocycles. The van der Waals surface area contributed by atoms with Crippen molar-refractivity contribution in [2.75, 3.05) is 16.9 Å². The van der Waals surface area contributed by atoms with Crippen molar-refractivity contribution in [1.29, 1.82) is 5.26 Å². The maximum absolute atomic E-state index is 14.2. The summed E-state index contributed by atoms with van der Waals surface area (Å²) in [6.45, 7) is 0. The second kappa shape index (κ2) is 6.95. The summed E-state index contributed by atoms with van der Waals surface area (Å²) in [5.74, 6) is 1.68. The van der Waals surface area contributed by atoms with Gasteiger partial charge in [-0.05, 0) is 23.8 Å². The van der Waals surface area contributed by atoms with Crippen molar-refractivity contribution in [3.05, 3.63) is 95.8 Å². The van der Waals surface area contributed by atoms with Gasteiger partial charge < -0.3 is 10.3 Å². The minimum absolute atomic E-state index is 0.0113. The van der Waals surface area contributed by atoms with E-state index >= 15 is 0 Å². The molecular weight excluding hydrogens is 442 g/mol. The highest BCUT2D eigenvalue weighted by Gasteiger charge is 2.77. The highest BCUT2D eigenvalue weighted by atomic mass is 32.2. The minimum atomic E-state index is -1.25. The largest absolute Gasteiger partial charge is 0.341 e. The van der Waals surface area contributed by atoms with Crippen LogP contribution in [0.1, 0.15) is 22.9 Å². The molecule has 34 heavy (non-hydrogen) atoms. The fourth-order valence-corrected chi connectivity index (χ4v) is 7.83. The maximum atomic E-state index is 14.2. The Morgan fingerprint density at radius 1 is 1.03 bits per heavy atom. The first-order valence-corrected chi connectivity index (χ1v) is 12.5. The Balaban J connectivity index is 1.63. The van der Waals surface area contributed by atoms with Crippen LogP contribution >= 0.6 is 11.8 Å². The van der Waals surface area contributed by atoms with Gasteiger partial charge in [-0.1, -0.05) is 60.7 Å². The average Bonchev–Trinajstić information content (AvgIpc) is 3.62. The van der Waals surface area contributed by atoms with E-state index in [0.717, 1.165) is 33.6 Å². The Morgan fingerprint density at radius 2 is 1.79 bits per heavy atom. The summed E-state index contributed by atoms with van der Waals surface area (Å²) in [7, 11) is 0. The molecule has 4 aromatic rings. The normalized spacial score (nSPS) is 29.8. The van der Waals surface area contributed by atoms with Crippen molar-refractivity contribution >= 4 is 34.4 Å². The quantitative estimate of drug-likeness (QED) is 0.462. The number of para-hydroxylation sites is 3. The lowest BCUT2D eigenvalue weighted by Crippen LogP contribution is -2.58. The number of amides is 1. The number of aromatic amines is 1. The first kappa shape index (κ1) is 19.8. The van der Waals surface area contributed by atoms with Crippen molar-refractivity contribution < 1.29 is 4.79 Å². The number of carbonyl (C=O) groups is 1. The van der Waals surface area contributed by atoms with Gasteiger partial charge in [0.25, 0.3) is 5.91 Å². The fourth-order valence-electron chi connectivity index (χ4n) is 6.53. The molecule has 0 saturated carbocycles. The number of hydrogen-bond donors (Lipinski definition) is 2. The molecule has 3 aromatic carbocycles. The van der Waals surface area contributed by atoms with Gasteiger partial charge in [0.2, 0.25) is 0 Å². The van der Waals surface area contributed by atoms with Gasteiger partial charge in [-0.25, -0.2) is 4.98 Å². The number of nitrogens with one attached hydrogen (secondary N) is 2. The third-order valence-electron chi connectivity index (χ3n) is 7.76. The molecule has 4 atom stereocenters. The maximum Gasteiger partial charge on any atom is 0.251 e. The second-order valence-electron chi connectivity index (χ2n) is 9.16. The van der Waals surface area contributed by atoms with Crippen molar-refractivity contribution in [1.82, 2.24) is 14.9 Å². The number of aromatic nitrogens is 2. The van der Waals surface area contributed by atoms with Gasteiger partial charge >= 0.3 is 0 Å². The lowest BCUT2D eigenvalue weighted by molar-refractivity contribution is -0.128. The summed E-state index contributed by atoms with van der Waals surface area (Å²) in [5.41, 5.74) is 1.89. The van der Waals surface area contributed by atoms with E-state index in [4.69, 9.17) is 4.98 Å². The predicted octanol–water partition coefficient (Wildman–Crippen LogP) is 4.34. The average molecular weight is 464 g/mol. The number of hydrogen-bond acceptors (Lipinski definition) is 5. The molecule has 2 fully saturated rings. The number of anilines is 1. The Kier molecular flexibility index (Phi) is 4.06. The van der Waals surface area contributed by atoms with Crippen LogP contribution in [-0.2, 0) is 15.7 Å². The van der Waals surface area contributed by atoms with Gasteiger partial charge in [-0.2, -0.15) is 5.26 Å². The number of benzene rings is 3. The molecule has 0 radical (unpaired) electrons. The zero-order valence-corrected chi connectivity index (χ0v) is 19.0. The lowest BCUT2D eigenvalue weighted by atomic mass is 9.60. The van der Waals surface area contributed by atoms with E-state index in [1.54, 1.807) is 0 Å². The molecule has 0 unspecified atom stereocenters. The molecule has 2 N–H and O–H groups in total. The van der Waals surface area contributed by atoms with Gasteiger partial charge in [0.15, 0.2) is 11.0 Å². The Morgan fingerprint density at radius 3 is 2.62 bits per heavy atom. The highest BCUT2D eigenvalue weighted by molar-refractivity contribution is 7.99. The molecule has 3 aliphatic rings. The number of carbonyl (C=O) groups excluding carboxylic acids is 1. The molecule has 2 saturated heterocycles. The first-order chi connectivity index (χ1) is 16.7. The van der Waals surface area contributed by atoms with Crippen LogP contribution in [0, 0.1) is 11.3 Å². The van der Waals surface area contributed by atoms with Gasteiger partial charge in [0.05, 0.1) is 17.1 Å². The number of nitrogens with zero attached hydrogens (tertiary/aromatic N) is 3. The van der Waals surface area contributed by atoms with E-state index in [1.807, 2.05) is 78.5 Å². The van der Waals surface area contributed by atoms with Gasteiger partial charge in [-0.15, -0.1) is 11.8 Å². The molecule has 166 valence electrons. The first-order valence-electron chi connectivity index (χ1n) is 11.4. The molecular formula is C27H21N5OS. The molecule has 3 aliphatic heterocycles. The van der Waals surface area contributed by atoms with Gasteiger partial charge in [0.1, 0.15) is 5.82 Å². The smallest absolute Gasteiger partial charge is 0.251 e. The summed E-state index contributed by atoms with van der Waals surface area (Å²) in [5, 5.41) is 14.4. The summed E-state index contributed by atoms with van der Waals surface area (Å²) < 4.78 is 0. The molecule has 1 amide bonds. The van der Waals surface area contributed by atoms with Crippen LogP contribution in [0.4, 0.5) is 5.69 Å². The number of nitriles is 1. The lowest BCUT2D eigenvalue weighted by Gasteiger charge is -2.41. The van der Waals surface area contributed by atoms with Crippen molar-refractivity contribution in [2.24, 2.45) is 0 Å². The minimum Gasteiger partial charge on any atom is -0.341 e. The molecule has 7 heteroatoms. The summed E-state index contributed by atoms with van der Waals surface area (Å²) in [4.78, 5) is 24.9. The van der Waals surface area contributed by atoms with Gasteiger partial charge in [0, 0.05) is 34.8 Å². The predicted molar refractivity (Wildman–Crippen MR) is 132 cm³/mol. The summed E-state index contributed by atoms with van der Waals surface area (Å²) >= 11 is 1.82. The standard InChI is InChI=1S/C27H21N5OS/c28-15-26(24-29-20-12-6-7-13-21(20)30-24)23(17-8-2-1-3-9-17)22-14-34-16-32(22)27(26)18-10-4-5-11-19(18)31-25(27)33/h1-13,22-23H,14,16H2,(H,29,30)(H,31,33)/t22-,23-,26+,27-/m0/s1. The van der Waals surface area contributed by atoms with Crippen LogP contribution in [0.15, 0.2) is 78.9 Å². The number of thioether (sulfide) groups is 1.